The lowest BCUT2D eigenvalue weighted by molar-refractivity contribution is 0.272. The second kappa shape index (κ2) is 7.75. The molecule has 0 bridgehead atoms. The normalized spacial score (nSPS) is 16.4. The molecular formula is C18H24N2OS. The van der Waals surface area contributed by atoms with E-state index >= 15 is 0 Å². The largest absolute Gasteiger partial charge is 0.486 e. The molecule has 0 N–H and O–H groups in total. The van der Waals surface area contributed by atoms with E-state index < -0.39 is 0 Å². The topological polar surface area (TPSA) is 25.4 Å². The molecule has 1 fully saturated rings. The van der Waals surface area contributed by atoms with Crippen LogP contribution in [-0.4, -0.2) is 23.0 Å². The summed E-state index contributed by atoms with van der Waals surface area (Å²) in [5, 5.41) is 3.24. The highest BCUT2D eigenvalue weighted by atomic mass is 32.1. The van der Waals surface area contributed by atoms with Crippen LogP contribution in [0.15, 0.2) is 29.6 Å². The Morgan fingerprint density at radius 3 is 2.55 bits per heavy atom. The predicted molar refractivity (Wildman–Crippen MR) is 91.4 cm³/mol. The fraction of sp³-hybridized carbons (Fsp3) is 0.500. The van der Waals surface area contributed by atoms with Crippen LogP contribution in [0.5, 0.6) is 5.75 Å². The number of hydrogen-bond donors (Lipinski definition) is 0. The van der Waals surface area contributed by atoms with Crippen LogP contribution in [0.4, 0.5) is 0 Å². The molecule has 22 heavy (non-hydrogen) atoms. The molecule has 0 spiro atoms. The van der Waals surface area contributed by atoms with E-state index in [0.29, 0.717) is 6.61 Å². The monoisotopic (exact) mass is 316 g/mol. The number of rotatable bonds is 5. The Morgan fingerprint density at radius 2 is 1.82 bits per heavy atom. The summed E-state index contributed by atoms with van der Waals surface area (Å²) >= 11 is 1.70. The zero-order valence-electron chi connectivity index (χ0n) is 13.3. The number of thiazole rings is 1. The molecule has 1 aromatic heterocycles. The first-order chi connectivity index (χ1) is 10.8. The van der Waals surface area contributed by atoms with Crippen LogP contribution in [0.25, 0.3) is 0 Å². The summed E-state index contributed by atoms with van der Waals surface area (Å²) in [4.78, 5) is 7.25. The van der Waals surface area contributed by atoms with Gasteiger partial charge in [-0.1, -0.05) is 30.5 Å². The number of likely N-dealkylation sites (tertiary alicyclic amines) is 1. The van der Waals surface area contributed by atoms with Crippen molar-refractivity contribution in [2.24, 2.45) is 0 Å². The van der Waals surface area contributed by atoms with Crippen LogP contribution in [0, 0.1) is 6.92 Å². The fourth-order valence-corrected chi connectivity index (χ4v) is 3.49. The Balaban J connectivity index is 1.51. The summed E-state index contributed by atoms with van der Waals surface area (Å²) < 4.78 is 5.80. The van der Waals surface area contributed by atoms with Gasteiger partial charge in [0.25, 0.3) is 0 Å². The summed E-state index contributed by atoms with van der Waals surface area (Å²) in [5.41, 5.74) is 2.44. The molecule has 3 nitrogen and oxygen atoms in total. The molecule has 0 aliphatic carbocycles. The smallest absolute Gasteiger partial charge is 0.140 e. The highest BCUT2D eigenvalue weighted by Gasteiger charge is 2.11. The van der Waals surface area contributed by atoms with Gasteiger partial charge in [0.05, 0.1) is 5.69 Å². The minimum Gasteiger partial charge on any atom is -0.486 e. The quantitative estimate of drug-likeness (QED) is 0.817. The first-order valence-corrected chi connectivity index (χ1v) is 9.03. The molecule has 1 saturated heterocycles. The number of nitrogens with zero attached hydrogens (tertiary/aromatic N) is 2. The SMILES string of the molecule is Cc1ccc(OCc2nc(CN3CCCCCC3)cs2)cc1. The van der Waals surface area contributed by atoms with Gasteiger partial charge < -0.3 is 4.74 Å². The lowest BCUT2D eigenvalue weighted by Crippen LogP contribution is -2.24. The maximum atomic E-state index is 5.80. The van der Waals surface area contributed by atoms with Crippen LogP contribution in [-0.2, 0) is 13.2 Å². The molecule has 1 aliphatic heterocycles. The molecule has 2 aromatic rings. The van der Waals surface area contributed by atoms with Gasteiger partial charge in [-0.3, -0.25) is 4.90 Å². The standard InChI is InChI=1S/C18H24N2OS/c1-15-6-8-17(9-7-15)21-13-18-19-16(14-22-18)12-20-10-4-2-3-5-11-20/h6-9,14H,2-5,10-13H2,1H3. The molecule has 0 unspecified atom stereocenters. The van der Waals surface area contributed by atoms with Crippen molar-refractivity contribution >= 4 is 11.3 Å². The van der Waals surface area contributed by atoms with Crippen molar-refractivity contribution in [1.82, 2.24) is 9.88 Å². The predicted octanol–water partition coefficient (Wildman–Crippen LogP) is 4.41. The van der Waals surface area contributed by atoms with E-state index in [1.165, 1.54) is 50.0 Å². The van der Waals surface area contributed by atoms with E-state index in [-0.39, 0.29) is 0 Å². The van der Waals surface area contributed by atoms with Gasteiger partial charge in [-0.15, -0.1) is 11.3 Å². The van der Waals surface area contributed by atoms with Gasteiger partial charge in [-0.25, -0.2) is 4.98 Å². The van der Waals surface area contributed by atoms with E-state index in [1.54, 1.807) is 11.3 Å². The van der Waals surface area contributed by atoms with Crippen LogP contribution in [0.1, 0.15) is 41.9 Å². The number of ether oxygens (including phenoxy) is 1. The van der Waals surface area contributed by atoms with Gasteiger partial charge in [0.1, 0.15) is 17.4 Å². The maximum Gasteiger partial charge on any atom is 0.140 e. The molecule has 1 aliphatic rings. The molecule has 4 heteroatoms. The Hall–Kier alpha value is -1.39. The average molecular weight is 316 g/mol. The lowest BCUT2D eigenvalue weighted by atomic mass is 10.2. The zero-order valence-corrected chi connectivity index (χ0v) is 14.1. The molecule has 0 atom stereocenters. The van der Waals surface area contributed by atoms with Crippen LogP contribution in [0.2, 0.25) is 0 Å². The van der Waals surface area contributed by atoms with Gasteiger partial charge in [-0.05, 0) is 45.0 Å². The van der Waals surface area contributed by atoms with Gasteiger partial charge in [0, 0.05) is 11.9 Å². The number of benzene rings is 1. The summed E-state index contributed by atoms with van der Waals surface area (Å²) in [6, 6.07) is 8.17. The maximum absolute atomic E-state index is 5.80. The van der Waals surface area contributed by atoms with Gasteiger partial charge >= 0.3 is 0 Å². The third-order valence-corrected chi connectivity index (χ3v) is 4.94. The molecule has 1 aromatic carbocycles. The highest BCUT2D eigenvalue weighted by Crippen LogP contribution is 2.18. The Morgan fingerprint density at radius 1 is 1.09 bits per heavy atom. The van der Waals surface area contributed by atoms with Crippen LogP contribution >= 0.6 is 11.3 Å². The summed E-state index contributed by atoms with van der Waals surface area (Å²) in [6.45, 7) is 6.06. The summed E-state index contributed by atoms with van der Waals surface area (Å²) in [7, 11) is 0. The van der Waals surface area contributed by atoms with E-state index in [1.807, 2.05) is 12.1 Å². The molecule has 2 heterocycles. The van der Waals surface area contributed by atoms with Crippen molar-refractivity contribution < 1.29 is 4.74 Å². The minimum atomic E-state index is 0.563. The Labute approximate surface area is 137 Å². The molecule has 0 radical (unpaired) electrons. The van der Waals surface area contributed by atoms with E-state index in [2.05, 4.69) is 29.3 Å². The zero-order chi connectivity index (χ0) is 15.2. The molecule has 0 saturated carbocycles. The first kappa shape index (κ1) is 15.5. The Kier molecular flexibility index (Phi) is 5.46. The fourth-order valence-electron chi connectivity index (χ4n) is 2.79. The molecule has 0 amide bonds. The van der Waals surface area contributed by atoms with Crippen LogP contribution in [0.3, 0.4) is 0 Å². The van der Waals surface area contributed by atoms with E-state index in [0.717, 1.165) is 17.3 Å². The third-order valence-electron chi connectivity index (χ3n) is 4.07. The van der Waals surface area contributed by atoms with Gasteiger partial charge in [-0.2, -0.15) is 0 Å². The van der Waals surface area contributed by atoms with Crippen molar-refractivity contribution in [2.45, 2.75) is 45.8 Å². The van der Waals surface area contributed by atoms with E-state index in [9.17, 15) is 0 Å². The van der Waals surface area contributed by atoms with Gasteiger partial charge in [0.15, 0.2) is 0 Å². The second-order valence-corrected chi connectivity index (χ2v) is 6.97. The lowest BCUT2D eigenvalue weighted by Gasteiger charge is -2.17. The average Bonchev–Trinajstić information content (AvgIpc) is 2.81. The molecule has 118 valence electrons. The molecular weight excluding hydrogens is 292 g/mol. The van der Waals surface area contributed by atoms with Crippen molar-refractivity contribution in [3.8, 4) is 5.75 Å². The van der Waals surface area contributed by atoms with Crippen LogP contribution < -0.4 is 4.74 Å². The number of aryl methyl sites for hydroxylation is 1. The van der Waals surface area contributed by atoms with Crippen molar-refractivity contribution in [3.63, 3.8) is 0 Å². The number of aromatic nitrogens is 1. The van der Waals surface area contributed by atoms with Crippen molar-refractivity contribution in [1.29, 1.82) is 0 Å². The summed E-state index contributed by atoms with van der Waals surface area (Å²) in [5.74, 6) is 0.912. The van der Waals surface area contributed by atoms with Crippen molar-refractivity contribution in [3.05, 3.63) is 45.9 Å². The van der Waals surface area contributed by atoms with E-state index in [4.69, 9.17) is 9.72 Å². The minimum absolute atomic E-state index is 0.563. The Bertz CT molecular complexity index is 571. The number of hydrogen-bond acceptors (Lipinski definition) is 4. The third kappa shape index (κ3) is 4.55. The summed E-state index contributed by atoms with van der Waals surface area (Å²) in [6.07, 6.45) is 5.41. The van der Waals surface area contributed by atoms with Crippen molar-refractivity contribution in [2.75, 3.05) is 13.1 Å². The molecule has 3 rings (SSSR count). The van der Waals surface area contributed by atoms with Gasteiger partial charge in [0.2, 0.25) is 0 Å². The first-order valence-electron chi connectivity index (χ1n) is 8.15. The second-order valence-electron chi connectivity index (χ2n) is 6.02. The highest BCUT2D eigenvalue weighted by molar-refractivity contribution is 7.09.